The molecule has 0 bridgehead atoms. The maximum absolute atomic E-state index is 10.7. The van der Waals surface area contributed by atoms with Crippen LogP contribution in [0, 0.1) is 0 Å². The fourth-order valence-electron chi connectivity index (χ4n) is 2.39. The van der Waals surface area contributed by atoms with E-state index in [1.807, 2.05) is 30.3 Å². The second-order valence-corrected chi connectivity index (χ2v) is 4.40. The molecule has 0 atom stereocenters. The van der Waals surface area contributed by atoms with Gasteiger partial charge in [-0.05, 0) is 33.2 Å². The Morgan fingerprint density at radius 3 is 2.47 bits per heavy atom. The van der Waals surface area contributed by atoms with E-state index in [9.17, 15) is 4.79 Å². The predicted molar refractivity (Wildman–Crippen MR) is 78.1 cm³/mol. The molecular weight excluding hydrogens is 236 g/mol. The largest absolute Gasteiger partial charge is 0.478 e. The molecule has 0 saturated carbocycles. The number of aliphatic carboxylic acids is 1. The van der Waals surface area contributed by atoms with Gasteiger partial charge in [0.1, 0.15) is 0 Å². The molecule has 3 rings (SSSR count). The summed E-state index contributed by atoms with van der Waals surface area (Å²) in [5.41, 5.74) is 0.928. The summed E-state index contributed by atoms with van der Waals surface area (Å²) in [5.74, 6) is -0.933. The first-order chi connectivity index (χ1) is 9.25. The standard InChI is InChI=1S/C17H12O2/c18-16(19)11-10-14-6-3-5-13-9-8-12-4-1-2-7-15(12)17(13)14/h1-11H,(H,18,19). The van der Waals surface area contributed by atoms with Gasteiger partial charge in [-0.2, -0.15) is 0 Å². The van der Waals surface area contributed by atoms with E-state index in [1.54, 1.807) is 6.08 Å². The number of rotatable bonds is 2. The van der Waals surface area contributed by atoms with Crippen LogP contribution in [0.5, 0.6) is 0 Å². The molecule has 3 aromatic carbocycles. The molecule has 19 heavy (non-hydrogen) atoms. The Kier molecular flexibility index (Phi) is 2.76. The van der Waals surface area contributed by atoms with Crippen molar-refractivity contribution in [3.63, 3.8) is 0 Å². The van der Waals surface area contributed by atoms with E-state index in [0.29, 0.717) is 0 Å². The van der Waals surface area contributed by atoms with Crippen molar-refractivity contribution >= 4 is 33.6 Å². The highest BCUT2D eigenvalue weighted by atomic mass is 16.4. The average Bonchev–Trinajstić information content (AvgIpc) is 2.44. The van der Waals surface area contributed by atoms with Gasteiger partial charge < -0.3 is 5.11 Å². The zero-order valence-electron chi connectivity index (χ0n) is 10.2. The van der Waals surface area contributed by atoms with Crippen LogP contribution in [0.4, 0.5) is 0 Å². The van der Waals surface area contributed by atoms with E-state index in [0.717, 1.165) is 27.1 Å². The predicted octanol–water partition coefficient (Wildman–Crippen LogP) is 4.09. The van der Waals surface area contributed by atoms with Gasteiger partial charge in [0.15, 0.2) is 0 Å². The van der Waals surface area contributed by atoms with Gasteiger partial charge in [-0.1, -0.05) is 54.6 Å². The van der Waals surface area contributed by atoms with E-state index >= 15 is 0 Å². The van der Waals surface area contributed by atoms with Crippen molar-refractivity contribution in [3.05, 3.63) is 66.2 Å². The highest BCUT2D eigenvalue weighted by Gasteiger charge is 2.03. The molecule has 2 heteroatoms. The van der Waals surface area contributed by atoms with Crippen LogP contribution < -0.4 is 0 Å². The quantitative estimate of drug-likeness (QED) is 0.548. The summed E-state index contributed by atoms with van der Waals surface area (Å²) in [7, 11) is 0. The van der Waals surface area contributed by atoms with Crippen molar-refractivity contribution in [2.75, 3.05) is 0 Å². The van der Waals surface area contributed by atoms with Crippen LogP contribution in [0.25, 0.3) is 27.6 Å². The molecule has 92 valence electrons. The summed E-state index contributed by atoms with van der Waals surface area (Å²) in [6.07, 6.45) is 2.83. The third-order valence-electron chi connectivity index (χ3n) is 3.21. The van der Waals surface area contributed by atoms with Gasteiger partial charge >= 0.3 is 5.97 Å². The fraction of sp³-hybridized carbons (Fsp3) is 0. The Balaban J connectivity index is 2.38. The molecule has 0 aliphatic heterocycles. The van der Waals surface area contributed by atoms with Gasteiger partial charge in [-0.3, -0.25) is 0 Å². The van der Waals surface area contributed by atoms with Crippen molar-refractivity contribution in [1.29, 1.82) is 0 Å². The molecule has 0 heterocycles. The lowest BCUT2D eigenvalue weighted by atomic mass is 9.97. The molecule has 0 spiro atoms. The van der Waals surface area contributed by atoms with Crippen LogP contribution in [0.1, 0.15) is 5.56 Å². The minimum atomic E-state index is -0.933. The van der Waals surface area contributed by atoms with Crippen LogP contribution in [-0.2, 0) is 4.79 Å². The van der Waals surface area contributed by atoms with Crippen LogP contribution in [0.3, 0.4) is 0 Å². The minimum absolute atomic E-state index is 0.928. The number of fused-ring (bicyclic) bond motifs is 3. The number of carboxylic acids is 1. The summed E-state index contributed by atoms with van der Waals surface area (Å²) >= 11 is 0. The Hall–Kier alpha value is -2.61. The van der Waals surface area contributed by atoms with Gasteiger partial charge in [-0.25, -0.2) is 4.79 Å². The topological polar surface area (TPSA) is 37.3 Å². The van der Waals surface area contributed by atoms with Gasteiger partial charge in [-0.15, -0.1) is 0 Å². The van der Waals surface area contributed by atoms with Crippen molar-refractivity contribution in [1.82, 2.24) is 0 Å². The smallest absolute Gasteiger partial charge is 0.328 e. The SMILES string of the molecule is O=C(O)C=Cc1cccc2ccc3ccccc3c12. The monoisotopic (exact) mass is 248 g/mol. The van der Waals surface area contributed by atoms with Crippen LogP contribution >= 0.6 is 0 Å². The summed E-state index contributed by atoms with van der Waals surface area (Å²) in [5, 5.41) is 13.3. The number of hydrogen-bond donors (Lipinski definition) is 1. The normalized spacial score (nSPS) is 11.4. The highest BCUT2D eigenvalue weighted by molar-refractivity contribution is 6.11. The minimum Gasteiger partial charge on any atom is -0.478 e. The van der Waals surface area contributed by atoms with Crippen LogP contribution in [0.2, 0.25) is 0 Å². The fourth-order valence-corrected chi connectivity index (χ4v) is 2.39. The number of carboxylic acid groups (broad SMARTS) is 1. The summed E-state index contributed by atoms with van der Waals surface area (Å²) in [4.78, 5) is 10.7. The van der Waals surface area contributed by atoms with Crippen LogP contribution in [0.15, 0.2) is 60.7 Å². The average molecular weight is 248 g/mol. The van der Waals surface area contributed by atoms with Gasteiger partial charge in [0.05, 0.1) is 0 Å². The van der Waals surface area contributed by atoms with E-state index in [2.05, 4.69) is 24.3 Å². The molecule has 0 aliphatic rings. The van der Waals surface area contributed by atoms with Crippen LogP contribution in [-0.4, -0.2) is 11.1 Å². The molecule has 3 aromatic rings. The lowest BCUT2D eigenvalue weighted by molar-refractivity contribution is -0.131. The summed E-state index contributed by atoms with van der Waals surface area (Å²) in [6, 6.07) is 18.2. The zero-order chi connectivity index (χ0) is 13.2. The van der Waals surface area contributed by atoms with Gasteiger partial charge in [0.2, 0.25) is 0 Å². The van der Waals surface area contributed by atoms with Gasteiger partial charge in [0, 0.05) is 6.08 Å². The first-order valence-corrected chi connectivity index (χ1v) is 6.07. The van der Waals surface area contributed by atoms with Gasteiger partial charge in [0.25, 0.3) is 0 Å². The second kappa shape index (κ2) is 4.58. The molecule has 0 saturated heterocycles. The third-order valence-corrected chi connectivity index (χ3v) is 3.21. The Morgan fingerprint density at radius 1 is 0.895 bits per heavy atom. The molecule has 1 N–H and O–H groups in total. The lowest BCUT2D eigenvalue weighted by Gasteiger charge is -2.07. The molecule has 0 radical (unpaired) electrons. The lowest BCUT2D eigenvalue weighted by Crippen LogP contribution is -1.87. The third kappa shape index (κ3) is 2.08. The molecule has 0 aromatic heterocycles. The second-order valence-electron chi connectivity index (χ2n) is 4.40. The van der Waals surface area contributed by atoms with E-state index < -0.39 is 5.97 Å². The molecule has 0 amide bonds. The number of benzene rings is 3. The maximum Gasteiger partial charge on any atom is 0.328 e. The Labute approximate surface area is 110 Å². The summed E-state index contributed by atoms with van der Waals surface area (Å²) in [6.45, 7) is 0. The molecule has 2 nitrogen and oxygen atoms in total. The van der Waals surface area contributed by atoms with E-state index in [1.165, 1.54) is 6.08 Å². The number of hydrogen-bond acceptors (Lipinski definition) is 1. The Bertz CT molecular complexity index is 801. The van der Waals surface area contributed by atoms with Crippen molar-refractivity contribution in [2.24, 2.45) is 0 Å². The number of carbonyl (C=O) groups is 1. The van der Waals surface area contributed by atoms with E-state index in [4.69, 9.17) is 5.11 Å². The first-order valence-electron chi connectivity index (χ1n) is 6.07. The Morgan fingerprint density at radius 2 is 1.63 bits per heavy atom. The molecule has 0 fully saturated rings. The molecular formula is C17H12O2. The highest BCUT2D eigenvalue weighted by Crippen LogP contribution is 2.28. The zero-order valence-corrected chi connectivity index (χ0v) is 10.2. The molecule has 0 aliphatic carbocycles. The summed E-state index contributed by atoms with van der Waals surface area (Å²) < 4.78 is 0. The first kappa shape index (κ1) is 11.5. The molecule has 0 unspecified atom stereocenters. The van der Waals surface area contributed by atoms with Crippen molar-refractivity contribution in [2.45, 2.75) is 0 Å². The van der Waals surface area contributed by atoms with Crippen molar-refractivity contribution in [3.8, 4) is 0 Å². The maximum atomic E-state index is 10.7. The van der Waals surface area contributed by atoms with Crippen molar-refractivity contribution < 1.29 is 9.90 Å². The van der Waals surface area contributed by atoms with E-state index in [-0.39, 0.29) is 0 Å².